The zero-order chi connectivity index (χ0) is 12.3. The van der Waals surface area contributed by atoms with Crippen molar-refractivity contribution in [3.8, 4) is 23.1 Å². The van der Waals surface area contributed by atoms with Gasteiger partial charge in [-0.25, -0.2) is 4.98 Å². The number of hydrogen-bond donors (Lipinski definition) is 2. The van der Waals surface area contributed by atoms with Gasteiger partial charge in [0.1, 0.15) is 11.8 Å². The van der Waals surface area contributed by atoms with Crippen LogP contribution in [0.15, 0.2) is 30.5 Å². The van der Waals surface area contributed by atoms with Crippen LogP contribution in [0.5, 0.6) is 5.75 Å². The Morgan fingerprint density at radius 1 is 1.35 bits per heavy atom. The molecule has 5 nitrogen and oxygen atoms in total. The van der Waals surface area contributed by atoms with Gasteiger partial charge < -0.3 is 9.72 Å². The van der Waals surface area contributed by atoms with Crippen LogP contribution in [0.25, 0.3) is 11.3 Å². The highest BCUT2D eigenvalue weighted by Crippen LogP contribution is 2.21. The van der Waals surface area contributed by atoms with E-state index in [4.69, 9.17) is 15.4 Å². The van der Waals surface area contributed by atoms with Gasteiger partial charge in [-0.2, -0.15) is 5.26 Å². The summed E-state index contributed by atoms with van der Waals surface area (Å²) < 4.78 is 5.06. The summed E-state index contributed by atoms with van der Waals surface area (Å²) >= 11 is 0. The average Bonchev–Trinajstić information content (AvgIpc) is 2.39. The second-order valence-electron chi connectivity index (χ2n) is 3.35. The van der Waals surface area contributed by atoms with Gasteiger partial charge in [0.05, 0.1) is 18.4 Å². The molecule has 1 aromatic heterocycles. The molecule has 0 fully saturated rings. The van der Waals surface area contributed by atoms with Crippen molar-refractivity contribution >= 4 is 0 Å². The summed E-state index contributed by atoms with van der Waals surface area (Å²) in [6.45, 7) is 0. The maximum absolute atomic E-state index is 8.98. The highest BCUT2D eigenvalue weighted by molar-refractivity contribution is 5.66. The Morgan fingerprint density at radius 2 is 2.06 bits per heavy atom. The molecule has 17 heavy (non-hydrogen) atoms. The van der Waals surface area contributed by atoms with Crippen LogP contribution >= 0.6 is 0 Å². The predicted octanol–water partition coefficient (Wildman–Crippen LogP) is 1.44. The molecule has 0 saturated heterocycles. The summed E-state index contributed by atoms with van der Waals surface area (Å²) in [5, 5.41) is 16.4. The SMILES string of the molecule is COc1ccc(-c2nc(=N)[nH]cc2C#N)cc1. The normalized spacial score (nSPS) is 9.65. The Morgan fingerprint density at radius 3 is 2.65 bits per heavy atom. The summed E-state index contributed by atoms with van der Waals surface area (Å²) in [6.07, 6.45) is 1.48. The first-order valence-electron chi connectivity index (χ1n) is 4.93. The Bertz CT molecular complexity index is 622. The molecule has 5 heteroatoms. The van der Waals surface area contributed by atoms with E-state index in [1.165, 1.54) is 6.20 Å². The molecule has 1 heterocycles. The number of aromatic nitrogens is 2. The molecule has 1 aromatic carbocycles. The van der Waals surface area contributed by atoms with Crippen molar-refractivity contribution in [2.24, 2.45) is 0 Å². The lowest BCUT2D eigenvalue weighted by Crippen LogP contribution is -2.11. The van der Waals surface area contributed by atoms with Gasteiger partial charge in [-0.05, 0) is 24.3 Å². The third-order valence-electron chi connectivity index (χ3n) is 2.32. The van der Waals surface area contributed by atoms with E-state index in [9.17, 15) is 0 Å². The standard InChI is InChI=1S/C12H10N4O/c1-17-10-4-2-8(3-5-10)11-9(6-13)7-15-12(14)16-11/h2-5,7H,1H3,(H2,14,15,16). The van der Waals surface area contributed by atoms with Crippen molar-refractivity contribution in [2.45, 2.75) is 0 Å². The summed E-state index contributed by atoms with van der Waals surface area (Å²) in [7, 11) is 1.59. The molecule has 0 saturated carbocycles. The zero-order valence-corrected chi connectivity index (χ0v) is 9.19. The van der Waals surface area contributed by atoms with Gasteiger partial charge in [-0.1, -0.05) is 0 Å². The Balaban J connectivity index is 2.55. The number of rotatable bonds is 2. The van der Waals surface area contributed by atoms with Crippen molar-refractivity contribution in [3.63, 3.8) is 0 Å². The van der Waals surface area contributed by atoms with Gasteiger partial charge in [0, 0.05) is 11.8 Å². The topological polar surface area (TPSA) is 85.5 Å². The largest absolute Gasteiger partial charge is 0.497 e. The Kier molecular flexibility index (Phi) is 2.88. The molecule has 84 valence electrons. The first-order valence-corrected chi connectivity index (χ1v) is 4.93. The van der Waals surface area contributed by atoms with E-state index >= 15 is 0 Å². The molecule has 0 radical (unpaired) electrons. The van der Waals surface area contributed by atoms with E-state index in [2.05, 4.69) is 9.97 Å². The maximum Gasteiger partial charge on any atom is 0.219 e. The second kappa shape index (κ2) is 4.49. The van der Waals surface area contributed by atoms with E-state index in [1.807, 2.05) is 6.07 Å². The minimum Gasteiger partial charge on any atom is -0.497 e. The minimum atomic E-state index is 0.0230. The van der Waals surface area contributed by atoms with Crippen LogP contribution < -0.4 is 10.4 Å². The quantitative estimate of drug-likeness (QED) is 0.812. The highest BCUT2D eigenvalue weighted by Gasteiger charge is 2.06. The number of hydrogen-bond acceptors (Lipinski definition) is 4. The van der Waals surface area contributed by atoms with Gasteiger partial charge >= 0.3 is 0 Å². The molecular weight excluding hydrogens is 216 g/mol. The fourth-order valence-electron chi connectivity index (χ4n) is 1.47. The van der Waals surface area contributed by atoms with Crippen LogP contribution in [0.3, 0.4) is 0 Å². The van der Waals surface area contributed by atoms with Crippen molar-refractivity contribution < 1.29 is 4.74 Å². The Labute approximate surface area is 97.8 Å². The van der Waals surface area contributed by atoms with E-state index in [1.54, 1.807) is 31.4 Å². The third-order valence-corrected chi connectivity index (χ3v) is 2.32. The van der Waals surface area contributed by atoms with Crippen LogP contribution in [0, 0.1) is 16.7 Å². The molecule has 2 rings (SSSR count). The molecule has 2 N–H and O–H groups in total. The molecule has 0 aliphatic carbocycles. The lowest BCUT2D eigenvalue weighted by atomic mass is 10.1. The molecule has 0 bridgehead atoms. The fraction of sp³-hybridized carbons (Fsp3) is 0.0833. The number of nitriles is 1. The van der Waals surface area contributed by atoms with Gasteiger partial charge in [-0.15, -0.1) is 0 Å². The van der Waals surface area contributed by atoms with Gasteiger partial charge in [0.15, 0.2) is 0 Å². The van der Waals surface area contributed by atoms with E-state index in [0.29, 0.717) is 11.3 Å². The summed E-state index contributed by atoms with van der Waals surface area (Å²) in [5.74, 6) is 0.737. The zero-order valence-electron chi connectivity index (χ0n) is 9.19. The van der Waals surface area contributed by atoms with E-state index < -0.39 is 0 Å². The number of aromatic amines is 1. The van der Waals surface area contributed by atoms with Gasteiger partial charge in [0.25, 0.3) is 0 Å². The van der Waals surface area contributed by atoms with Crippen LogP contribution in [0.4, 0.5) is 0 Å². The summed E-state index contributed by atoms with van der Waals surface area (Å²) in [6, 6.07) is 9.24. The van der Waals surface area contributed by atoms with Crippen LogP contribution in [-0.2, 0) is 0 Å². The number of benzene rings is 1. The first kappa shape index (κ1) is 10.9. The number of H-pyrrole nitrogens is 1. The lowest BCUT2D eigenvalue weighted by molar-refractivity contribution is 0.415. The predicted molar refractivity (Wildman–Crippen MR) is 61.1 cm³/mol. The van der Waals surface area contributed by atoms with Crippen molar-refractivity contribution in [1.29, 1.82) is 10.7 Å². The highest BCUT2D eigenvalue weighted by atomic mass is 16.5. The molecule has 0 amide bonds. The Hall–Kier alpha value is -2.61. The lowest BCUT2D eigenvalue weighted by Gasteiger charge is -2.04. The van der Waals surface area contributed by atoms with Gasteiger partial charge in [-0.3, -0.25) is 5.41 Å². The van der Waals surface area contributed by atoms with Crippen LogP contribution in [0.1, 0.15) is 5.56 Å². The molecule has 0 unspecified atom stereocenters. The second-order valence-corrected chi connectivity index (χ2v) is 3.35. The molecule has 0 aliphatic heterocycles. The van der Waals surface area contributed by atoms with Crippen LogP contribution in [0.2, 0.25) is 0 Å². The number of nitrogens with zero attached hydrogens (tertiary/aromatic N) is 2. The monoisotopic (exact) mass is 226 g/mol. The molecule has 0 aliphatic rings. The molecule has 2 aromatic rings. The number of ether oxygens (including phenoxy) is 1. The summed E-state index contributed by atoms with van der Waals surface area (Å²) in [4.78, 5) is 6.61. The fourth-order valence-corrected chi connectivity index (χ4v) is 1.47. The molecule has 0 spiro atoms. The third kappa shape index (κ3) is 2.16. The number of nitrogens with one attached hydrogen (secondary N) is 2. The first-order chi connectivity index (χ1) is 8.24. The molecular formula is C12H10N4O. The maximum atomic E-state index is 8.98. The van der Waals surface area contributed by atoms with E-state index in [0.717, 1.165) is 11.3 Å². The van der Waals surface area contributed by atoms with Crippen molar-refractivity contribution in [3.05, 3.63) is 41.6 Å². The minimum absolute atomic E-state index is 0.0230. The molecule has 0 atom stereocenters. The van der Waals surface area contributed by atoms with Crippen LogP contribution in [-0.4, -0.2) is 17.1 Å². The van der Waals surface area contributed by atoms with Crippen molar-refractivity contribution in [2.75, 3.05) is 7.11 Å². The smallest absolute Gasteiger partial charge is 0.219 e. The van der Waals surface area contributed by atoms with Crippen molar-refractivity contribution in [1.82, 2.24) is 9.97 Å². The number of methoxy groups -OCH3 is 1. The van der Waals surface area contributed by atoms with Gasteiger partial charge in [0.2, 0.25) is 5.62 Å². The average molecular weight is 226 g/mol. The van der Waals surface area contributed by atoms with E-state index in [-0.39, 0.29) is 5.62 Å². The summed E-state index contributed by atoms with van der Waals surface area (Å²) in [5.41, 5.74) is 1.71.